The number of rotatable bonds is 6. The molecular weight excluding hydrogens is 384 g/mol. The summed E-state index contributed by atoms with van der Waals surface area (Å²) < 4.78 is 38.6. The normalized spacial score (nSPS) is 64.6. The first-order valence-electron chi connectivity index (χ1n) is 12.2. The summed E-state index contributed by atoms with van der Waals surface area (Å²) in [4.78, 5) is 0. The van der Waals surface area contributed by atoms with Crippen LogP contribution in [-0.4, -0.2) is 64.4 Å². The minimum absolute atomic E-state index is 0.267. The van der Waals surface area contributed by atoms with Gasteiger partial charge < -0.3 is 28.4 Å². The van der Waals surface area contributed by atoms with Gasteiger partial charge in [0.2, 0.25) is 0 Å². The van der Waals surface area contributed by atoms with Gasteiger partial charge in [-0.15, -0.1) is 0 Å². The molecule has 14 atom stereocenters. The van der Waals surface area contributed by atoms with Crippen molar-refractivity contribution >= 4 is 0 Å². The molecule has 6 aliphatic carbocycles. The second-order valence-corrected chi connectivity index (χ2v) is 11.5. The Morgan fingerprint density at radius 2 is 0.967 bits per heavy atom. The molecule has 8 aliphatic rings. The molecule has 0 radical (unpaired) electrons. The summed E-state index contributed by atoms with van der Waals surface area (Å²) in [5, 5.41) is 0. The molecule has 6 heteroatoms. The van der Waals surface area contributed by atoms with Crippen LogP contribution < -0.4 is 0 Å². The van der Waals surface area contributed by atoms with E-state index >= 15 is 0 Å². The fourth-order valence-corrected chi connectivity index (χ4v) is 12.1. The first-order valence-corrected chi connectivity index (χ1v) is 12.2. The summed E-state index contributed by atoms with van der Waals surface area (Å²) >= 11 is 0. The van der Waals surface area contributed by atoms with E-state index in [1.54, 1.807) is 0 Å². The lowest BCUT2D eigenvalue weighted by atomic mass is 9.71. The van der Waals surface area contributed by atoms with Crippen molar-refractivity contribution in [1.29, 1.82) is 0 Å². The predicted octanol–water partition coefficient (Wildman–Crippen LogP) is 2.30. The Bertz CT molecular complexity index is 718. The molecule has 0 N–H and O–H groups in total. The highest BCUT2D eigenvalue weighted by molar-refractivity contribution is 5.37. The summed E-state index contributed by atoms with van der Waals surface area (Å²) in [6, 6.07) is 0. The fourth-order valence-electron chi connectivity index (χ4n) is 12.1. The van der Waals surface area contributed by atoms with E-state index < -0.39 is 0 Å². The molecule has 2 saturated heterocycles. The van der Waals surface area contributed by atoms with Crippen molar-refractivity contribution < 1.29 is 28.4 Å². The number of methoxy groups -OCH3 is 4. The molecule has 6 saturated carbocycles. The van der Waals surface area contributed by atoms with Crippen molar-refractivity contribution in [2.45, 2.75) is 61.7 Å². The van der Waals surface area contributed by atoms with Gasteiger partial charge in [0.1, 0.15) is 11.2 Å². The summed E-state index contributed by atoms with van der Waals surface area (Å²) in [6.07, 6.45) is 5.01. The van der Waals surface area contributed by atoms with Gasteiger partial charge in [-0.2, -0.15) is 0 Å². The summed E-state index contributed by atoms with van der Waals surface area (Å²) in [5.74, 6) is 5.90. The molecule has 8 rings (SSSR count). The van der Waals surface area contributed by atoms with Gasteiger partial charge in [0.25, 0.3) is 0 Å². The van der Waals surface area contributed by atoms with Gasteiger partial charge in [0.15, 0.2) is 12.6 Å². The molecule has 0 aromatic rings. The SMILES string of the molecule is COC(OC)[C@]12O[C@H]3CC[C@@H]4[C@@H]3[C@@H]1[C@@H]1[C@H]3[C@H]5[C@H]6[C@@H](CC[C@H]6O[C@]5(C(OC)OC)[C@@H]41)[C@@H]32. The molecule has 8 fully saturated rings. The van der Waals surface area contributed by atoms with Gasteiger partial charge in [0, 0.05) is 40.3 Å². The molecule has 0 spiro atoms. The van der Waals surface area contributed by atoms with Crippen molar-refractivity contribution in [1.82, 2.24) is 0 Å². The van der Waals surface area contributed by atoms with Crippen molar-refractivity contribution in [3.63, 3.8) is 0 Å². The minimum atomic E-state index is -0.271. The molecule has 2 aliphatic heterocycles. The van der Waals surface area contributed by atoms with E-state index in [1.807, 2.05) is 28.4 Å². The van der Waals surface area contributed by atoms with E-state index in [4.69, 9.17) is 28.4 Å². The summed E-state index contributed by atoms with van der Waals surface area (Å²) in [5.41, 5.74) is -0.541. The third-order valence-electron chi connectivity index (χ3n) is 11.7. The molecule has 0 aromatic carbocycles. The predicted molar refractivity (Wildman–Crippen MR) is 104 cm³/mol. The Morgan fingerprint density at radius 1 is 0.567 bits per heavy atom. The number of hydrogen-bond acceptors (Lipinski definition) is 6. The molecule has 2 heterocycles. The lowest BCUT2D eigenvalue weighted by Gasteiger charge is -2.44. The molecule has 0 aromatic heterocycles. The Morgan fingerprint density at radius 3 is 1.33 bits per heavy atom. The van der Waals surface area contributed by atoms with E-state index in [0.717, 1.165) is 12.8 Å². The van der Waals surface area contributed by atoms with Crippen LogP contribution in [0.25, 0.3) is 0 Å². The van der Waals surface area contributed by atoms with Crippen molar-refractivity contribution in [3.8, 4) is 0 Å². The Balaban J connectivity index is 1.39. The van der Waals surface area contributed by atoms with Gasteiger partial charge in [-0.25, -0.2) is 0 Å². The van der Waals surface area contributed by atoms with E-state index in [1.165, 1.54) is 12.8 Å². The first kappa shape index (κ1) is 18.2. The third kappa shape index (κ3) is 1.48. The average Bonchev–Trinajstić information content (AvgIpc) is 3.52. The third-order valence-corrected chi connectivity index (χ3v) is 11.7. The molecule has 0 amide bonds. The number of fused-ring (bicyclic) bond motifs is 4. The summed E-state index contributed by atoms with van der Waals surface area (Å²) in [7, 11) is 7.24. The zero-order valence-electron chi connectivity index (χ0n) is 18.4. The number of hydrogen-bond donors (Lipinski definition) is 0. The molecule has 6 nitrogen and oxygen atoms in total. The maximum atomic E-state index is 7.18. The van der Waals surface area contributed by atoms with Gasteiger partial charge >= 0.3 is 0 Å². The highest BCUT2D eigenvalue weighted by Crippen LogP contribution is 2.87. The topological polar surface area (TPSA) is 55.4 Å². The van der Waals surface area contributed by atoms with Crippen molar-refractivity contribution in [2.75, 3.05) is 28.4 Å². The van der Waals surface area contributed by atoms with Crippen LogP contribution in [0.2, 0.25) is 0 Å². The van der Waals surface area contributed by atoms with E-state index in [-0.39, 0.29) is 23.8 Å². The maximum Gasteiger partial charge on any atom is 0.186 e. The second-order valence-electron chi connectivity index (χ2n) is 11.5. The zero-order chi connectivity index (χ0) is 20.2. The zero-order valence-corrected chi connectivity index (χ0v) is 18.4. The smallest absolute Gasteiger partial charge is 0.186 e. The van der Waals surface area contributed by atoms with Crippen LogP contribution in [-0.2, 0) is 28.4 Å². The van der Waals surface area contributed by atoms with Crippen LogP contribution in [0.4, 0.5) is 0 Å². The van der Waals surface area contributed by atoms with E-state index in [9.17, 15) is 0 Å². The highest BCUT2D eigenvalue weighted by atomic mass is 16.7. The van der Waals surface area contributed by atoms with Gasteiger partial charge in [-0.05, 0) is 73.0 Å². The lowest BCUT2D eigenvalue weighted by molar-refractivity contribution is -0.270. The molecule has 0 bridgehead atoms. The van der Waals surface area contributed by atoms with Crippen molar-refractivity contribution in [2.24, 2.45) is 59.2 Å². The molecule has 30 heavy (non-hydrogen) atoms. The quantitative estimate of drug-likeness (QED) is 0.617. The van der Waals surface area contributed by atoms with Crippen molar-refractivity contribution in [3.05, 3.63) is 0 Å². The average molecular weight is 419 g/mol. The van der Waals surface area contributed by atoms with Crippen LogP contribution in [0, 0.1) is 59.2 Å². The maximum absolute atomic E-state index is 7.18. The van der Waals surface area contributed by atoms with Crippen LogP contribution in [0.1, 0.15) is 25.7 Å². The van der Waals surface area contributed by atoms with Crippen LogP contribution in [0.5, 0.6) is 0 Å². The molecule has 0 unspecified atom stereocenters. The number of ether oxygens (including phenoxy) is 6. The van der Waals surface area contributed by atoms with Gasteiger partial charge in [0.05, 0.1) is 12.2 Å². The summed E-state index contributed by atoms with van der Waals surface area (Å²) in [6.45, 7) is 0. The standard InChI is InChI=1S/C24H34O6/c1-25-21(26-2)23-17-9-5-8-12-14(9)20-15(17)16-18(24(20,30-12)22(27-3)28-4)10-6-7-11(29-23)13(10)19(16)23/h9-22H,5-8H2,1-4H3/t9-,10-,11-,12+,13+,14+,15-,16-,17+,18+,19-,20-,23-,24-/m1/s1. The van der Waals surface area contributed by atoms with Crippen LogP contribution >= 0.6 is 0 Å². The highest BCUT2D eigenvalue weighted by Gasteiger charge is 2.92. The van der Waals surface area contributed by atoms with E-state index in [0.29, 0.717) is 71.4 Å². The first-order chi connectivity index (χ1) is 14.7. The van der Waals surface area contributed by atoms with Gasteiger partial charge in [-0.3, -0.25) is 0 Å². The van der Waals surface area contributed by atoms with Crippen LogP contribution in [0.3, 0.4) is 0 Å². The molecular formula is C24H34O6. The Hall–Kier alpha value is -0.240. The monoisotopic (exact) mass is 418 g/mol. The Labute approximate surface area is 178 Å². The second kappa shape index (κ2) is 5.45. The molecule has 166 valence electrons. The van der Waals surface area contributed by atoms with E-state index in [2.05, 4.69) is 0 Å². The van der Waals surface area contributed by atoms with Gasteiger partial charge in [-0.1, -0.05) is 0 Å². The largest absolute Gasteiger partial charge is 0.366 e. The lowest BCUT2D eigenvalue weighted by Crippen LogP contribution is -2.56. The Kier molecular flexibility index (Phi) is 3.31. The van der Waals surface area contributed by atoms with Crippen LogP contribution in [0.15, 0.2) is 0 Å². The minimum Gasteiger partial charge on any atom is -0.366 e. The fraction of sp³-hybridized carbons (Fsp3) is 1.00.